The molecule has 0 bridgehead atoms. The molecule has 1 N–H and O–H groups in total. The maximum atomic E-state index is 12.2. The van der Waals surface area contributed by atoms with Gasteiger partial charge in [0.25, 0.3) is 11.6 Å². The van der Waals surface area contributed by atoms with Gasteiger partial charge in [0.2, 0.25) is 0 Å². The number of hydrogen-bond acceptors (Lipinski definition) is 4. The number of carboxylic acid groups (broad SMARTS) is 1. The fourth-order valence-corrected chi connectivity index (χ4v) is 1.91. The van der Waals surface area contributed by atoms with Crippen LogP contribution in [0.25, 0.3) is 0 Å². The van der Waals surface area contributed by atoms with E-state index in [0.717, 1.165) is 12.8 Å². The van der Waals surface area contributed by atoms with Crippen LogP contribution in [0, 0.1) is 10.1 Å². The lowest BCUT2D eigenvalue weighted by atomic mass is 10.3. The first kappa shape index (κ1) is 13.1. The third kappa shape index (κ3) is 2.72. The number of rotatable bonds is 5. The van der Waals surface area contributed by atoms with Gasteiger partial charge in [-0.25, -0.2) is 0 Å². The maximum Gasteiger partial charge on any atom is 0.323 e. The lowest BCUT2D eigenvalue weighted by molar-refractivity contribution is -0.384. The van der Waals surface area contributed by atoms with E-state index >= 15 is 0 Å². The molecule has 1 heterocycles. The second kappa shape index (κ2) is 4.71. The SMILES string of the molecule is Cn1cc([N+](=O)[O-])cc1C(=O)N(CC(=O)O)C1CC1. The van der Waals surface area contributed by atoms with E-state index in [0.29, 0.717) is 0 Å². The van der Waals surface area contributed by atoms with E-state index in [1.807, 2.05) is 0 Å². The minimum atomic E-state index is -1.09. The summed E-state index contributed by atoms with van der Waals surface area (Å²) in [6, 6.07) is 1.09. The van der Waals surface area contributed by atoms with E-state index in [2.05, 4.69) is 0 Å². The summed E-state index contributed by atoms with van der Waals surface area (Å²) in [6.45, 7) is -0.386. The molecule has 1 aromatic heterocycles. The minimum absolute atomic E-state index is 0.0717. The van der Waals surface area contributed by atoms with Crippen molar-refractivity contribution in [3.63, 3.8) is 0 Å². The Balaban J connectivity index is 2.26. The molecule has 1 fully saturated rings. The van der Waals surface area contributed by atoms with Gasteiger partial charge in [-0.3, -0.25) is 19.7 Å². The van der Waals surface area contributed by atoms with Crippen molar-refractivity contribution < 1.29 is 19.6 Å². The molecule has 2 rings (SSSR count). The van der Waals surface area contributed by atoms with Crippen molar-refractivity contribution in [1.29, 1.82) is 0 Å². The summed E-state index contributed by atoms with van der Waals surface area (Å²) in [5, 5.41) is 19.5. The van der Waals surface area contributed by atoms with Gasteiger partial charge in [-0.05, 0) is 12.8 Å². The fourth-order valence-electron chi connectivity index (χ4n) is 1.91. The number of carboxylic acids is 1. The molecule has 8 nitrogen and oxygen atoms in total. The van der Waals surface area contributed by atoms with Crippen molar-refractivity contribution in [3.8, 4) is 0 Å². The molecular weight excluding hydrogens is 254 g/mol. The van der Waals surface area contributed by atoms with E-state index in [-0.39, 0.29) is 24.0 Å². The molecule has 1 aromatic rings. The highest BCUT2D eigenvalue weighted by Crippen LogP contribution is 2.28. The van der Waals surface area contributed by atoms with Crippen LogP contribution in [-0.2, 0) is 11.8 Å². The smallest absolute Gasteiger partial charge is 0.323 e. The van der Waals surface area contributed by atoms with E-state index in [4.69, 9.17) is 5.11 Å². The molecule has 0 spiro atoms. The highest BCUT2D eigenvalue weighted by Gasteiger charge is 2.35. The summed E-state index contributed by atoms with van der Waals surface area (Å²) < 4.78 is 1.34. The third-order valence-electron chi connectivity index (χ3n) is 2.97. The molecule has 0 aromatic carbocycles. The number of amides is 1. The standard InChI is InChI=1S/C11H13N3O5/c1-12-5-8(14(18)19)4-9(12)11(17)13(6-10(15)16)7-2-3-7/h4-5,7H,2-3,6H2,1H3,(H,15,16). The van der Waals surface area contributed by atoms with Gasteiger partial charge >= 0.3 is 5.97 Å². The quantitative estimate of drug-likeness (QED) is 0.622. The third-order valence-corrected chi connectivity index (χ3v) is 2.97. The first-order valence-corrected chi connectivity index (χ1v) is 5.73. The summed E-state index contributed by atoms with van der Waals surface area (Å²) in [5.41, 5.74) is -0.0585. The molecule has 0 atom stereocenters. The Hall–Kier alpha value is -2.38. The molecule has 102 valence electrons. The summed E-state index contributed by atoms with van der Waals surface area (Å²) in [7, 11) is 1.52. The number of nitrogens with zero attached hydrogens (tertiary/aromatic N) is 3. The van der Waals surface area contributed by atoms with Crippen molar-refractivity contribution in [2.24, 2.45) is 7.05 Å². The molecule has 8 heteroatoms. The first-order chi connectivity index (χ1) is 8.90. The van der Waals surface area contributed by atoms with Crippen molar-refractivity contribution >= 4 is 17.6 Å². The molecular formula is C11H13N3O5. The van der Waals surface area contributed by atoms with Crippen LogP contribution in [0.15, 0.2) is 12.3 Å². The predicted molar refractivity (Wildman–Crippen MR) is 63.8 cm³/mol. The largest absolute Gasteiger partial charge is 0.480 e. The summed E-state index contributed by atoms with van der Waals surface area (Å²) >= 11 is 0. The average molecular weight is 267 g/mol. The molecule has 1 aliphatic rings. The predicted octanol–water partition coefficient (Wildman–Crippen LogP) is 0.623. The number of nitro groups is 1. The van der Waals surface area contributed by atoms with Crippen LogP contribution in [0.1, 0.15) is 23.3 Å². The van der Waals surface area contributed by atoms with E-state index < -0.39 is 16.8 Å². The average Bonchev–Trinajstić information content (AvgIpc) is 3.07. The van der Waals surface area contributed by atoms with Crippen LogP contribution in [0.3, 0.4) is 0 Å². The first-order valence-electron chi connectivity index (χ1n) is 5.73. The van der Waals surface area contributed by atoms with Gasteiger partial charge in [0.15, 0.2) is 0 Å². The lowest BCUT2D eigenvalue weighted by Gasteiger charge is -2.20. The summed E-state index contributed by atoms with van der Waals surface area (Å²) in [4.78, 5) is 34.3. The van der Waals surface area contributed by atoms with Crippen molar-refractivity contribution in [3.05, 3.63) is 28.1 Å². The second-order valence-electron chi connectivity index (χ2n) is 4.51. The highest BCUT2D eigenvalue weighted by atomic mass is 16.6. The Morgan fingerprint density at radius 2 is 2.21 bits per heavy atom. The van der Waals surface area contributed by atoms with Crippen molar-refractivity contribution in [1.82, 2.24) is 9.47 Å². The van der Waals surface area contributed by atoms with E-state index in [1.54, 1.807) is 0 Å². The van der Waals surface area contributed by atoms with Gasteiger partial charge in [-0.2, -0.15) is 0 Å². The van der Waals surface area contributed by atoms with Gasteiger partial charge in [0, 0.05) is 19.2 Å². The fraction of sp³-hybridized carbons (Fsp3) is 0.455. The Morgan fingerprint density at radius 3 is 2.63 bits per heavy atom. The van der Waals surface area contributed by atoms with Crippen LogP contribution < -0.4 is 0 Å². The molecule has 0 saturated heterocycles. The van der Waals surface area contributed by atoms with E-state index in [9.17, 15) is 19.7 Å². The maximum absolute atomic E-state index is 12.2. The van der Waals surface area contributed by atoms with Gasteiger partial charge < -0.3 is 14.6 Å². The Morgan fingerprint density at radius 1 is 1.58 bits per heavy atom. The van der Waals surface area contributed by atoms with Crippen LogP contribution in [0.2, 0.25) is 0 Å². The molecule has 1 aliphatic carbocycles. The normalized spacial score (nSPS) is 14.2. The zero-order chi connectivity index (χ0) is 14.2. The Labute approximate surface area is 108 Å². The van der Waals surface area contributed by atoms with E-state index in [1.165, 1.54) is 28.8 Å². The van der Waals surface area contributed by atoms with Crippen LogP contribution in [0.5, 0.6) is 0 Å². The van der Waals surface area contributed by atoms with Crippen LogP contribution >= 0.6 is 0 Å². The molecule has 0 aliphatic heterocycles. The molecule has 1 amide bonds. The number of carbonyl (C=O) groups is 2. The lowest BCUT2D eigenvalue weighted by Crippen LogP contribution is -2.38. The minimum Gasteiger partial charge on any atom is -0.480 e. The summed E-state index contributed by atoms with van der Waals surface area (Å²) in [5.74, 6) is -1.58. The second-order valence-corrected chi connectivity index (χ2v) is 4.51. The molecule has 0 radical (unpaired) electrons. The van der Waals surface area contributed by atoms with Crippen LogP contribution in [-0.4, -0.2) is 44.0 Å². The number of carbonyl (C=O) groups excluding carboxylic acids is 1. The van der Waals surface area contributed by atoms with Gasteiger partial charge in [-0.1, -0.05) is 0 Å². The van der Waals surface area contributed by atoms with Gasteiger partial charge in [0.1, 0.15) is 12.2 Å². The Kier molecular flexibility index (Phi) is 3.24. The van der Waals surface area contributed by atoms with Crippen molar-refractivity contribution in [2.75, 3.05) is 6.54 Å². The topological polar surface area (TPSA) is 106 Å². The summed E-state index contributed by atoms with van der Waals surface area (Å²) in [6.07, 6.45) is 2.77. The molecule has 19 heavy (non-hydrogen) atoms. The molecule has 1 saturated carbocycles. The Bertz CT molecular complexity index is 547. The highest BCUT2D eigenvalue weighted by molar-refractivity contribution is 5.95. The van der Waals surface area contributed by atoms with Crippen molar-refractivity contribution in [2.45, 2.75) is 18.9 Å². The monoisotopic (exact) mass is 267 g/mol. The number of hydrogen-bond donors (Lipinski definition) is 1. The van der Waals surface area contributed by atoms with Gasteiger partial charge in [0.05, 0.1) is 11.1 Å². The van der Waals surface area contributed by atoms with Gasteiger partial charge in [-0.15, -0.1) is 0 Å². The molecule has 0 unspecified atom stereocenters. The number of aromatic nitrogens is 1. The zero-order valence-corrected chi connectivity index (χ0v) is 10.3. The zero-order valence-electron chi connectivity index (χ0n) is 10.3. The number of aliphatic carboxylic acids is 1. The number of aryl methyl sites for hydroxylation is 1. The van der Waals surface area contributed by atoms with Crippen LogP contribution in [0.4, 0.5) is 5.69 Å².